The molecule has 2 aliphatic rings. The molecule has 2 N–H and O–H groups in total. The van der Waals surface area contributed by atoms with Gasteiger partial charge in [-0.3, -0.25) is 14.4 Å². The van der Waals surface area contributed by atoms with Crippen LogP contribution in [-0.2, 0) is 0 Å². The number of nitrogens with one attached hydrogen (secondary N) is 2. The fourth-order valence-corrected chi connectivity index (χ4v) is 3.15. The number of fused-ring (bicyclic) bond motifs is 1. The molecule has 1 aliphatic carbocycles. The molecule has 1 aromatic heterocycles. The average Bonchev–Trinajstić information content (AvgIpc) is 2.49. The third-order valence-corrected chi connectivity index (χ3v) is 4.23. The summed E-state index contributed by atoms with van der Waals surface area (Å²) in [6.07, 6.45) is 6.51. The fourth-order valence-electron chi connectivity index (χ4n) is 3.15. The van der Waals surface area contributed by atoms with Gasteiger partial charge < -0.3 is 10.3 Å². The third-order valence-electron chi connectivity index (χ3n) is 4.23. The quantitative estimate of drug-likeness (QED) is 0.897. The molecule has 114 valence electrons. The standard InChI is InChI=1S/C17H18N2O3/c1-3-4-5-10-6-7-18-14-13(10)16(21)12-9(2)8-11(20)19-15(12)17(14)22/h6-8,10,18H,3-5H2,1-2H3,(H,19,20). The van der Waals surface area contributed by atoms with Crippen LogP contribution in [0, 0.1) is 12.8 Å². The van der Waals surface area contributed by atoms with Crippen LogP contribution in [0.2, 0.25) is 0 Å². The van der Waals surface area contributed by atoms with E-state index in [0.717, 1.165) is 19.3 Å². The van der Waals surface area contributed by atoms with E-state index >= 15 is 0 Å². The van der Waals surface area contributed by atoms with Crippen LogP contribution < -0.4 is 10.9 Å². The first-order valence-electron chi connectivity index (χ1n) is 7.55. The second-order valence-corrected chi connectivity index (χ2v) is 5.77. The molecular weight excluding hydrogens is 280 g/mol. The molecule has 0 saturated heterocycles. The first-order chi connectivity index (χ1) is 10.5. The molecule has 0 bridgehead atoms. The summed E-state index contributed by atoms with van der Waals surface area (Å²) in [4.78, 5) is 39.7. The zero-order chi connectivity index (χ0) is 15.9. The van der Waals surface area contributed by atoms with Crippen LogP contribution in [0.1, 0.15) is 52.6 Å². The van der Waals surface area contributed by atoms with E-state index in [1.165, 1.54) is 6.07 Å². The molecule has 0 amide bonds. The zero-order valence-corrected chi connectivity index (χ0v) is 12.7. The average molecular weight is 298 g/mol. The van der Waals surface area contributed by atoms with Crippen molar-refractivity contribution in [1.29, 1.82) is 0 Å². The summed E-state index contributed by atoms with van der Waals surface area (Å²) in [5, 5.41) is 2.89. The highest BCUT2D eigenvalue weighted by atomic mass is 16.1. The molecule has 0 radical (unpaired) electrons. The number of hydrogen-bond donors (Lipinski definition) is 2. The normalized spacial score (nSPS) is 19.8. The Bertz CT molecular complexity index is 784. The van der Waals surface area contributed by atoms with Crippen LogP contribution in [0.4, 0.5) is 0 Å². The van der Waals surface area contributed by atoms with Crippen LogP contribution in [0.25, 0.3) is 0 Å². The Balaban J connectivity index is 2.14. The highest BCUT2D eigenvalue weighted by Gasteiger charge is 2.38. The van der Waals surface area contributed by atoms with Gasteiger partial charge in [0.25, 0.3) is 0 Å². The number of dihydropyridines is 1. The first kappa shape index (κ1) is 14.5. The Kier molecular flexibility index (Phi) is 3.56. The Morgan fingerprint density at radius 2 is 1.95 bits per heavy atom. The van der Waals surface area contributed by atoms with Gasteiger partial charge in [-0.25, -0.2) is 0 Å². The molecule has 1 unspecified atom stereocenters. The highest BCUT2D eigenvalue weighted by molar-refractivity contribution is 6.26. The largest absolute Gasteiger partial charge is 0.358 e. The number of H-pyrrole nitrogens is 1. The van der Waals surface area contributed by atoms with Crippen molar-refractivity contribution in [2.45, 2.75) is 33.1 Å². The number of carbonyl (C=O) groups is 2. The smallest absolute Gasteiger partial charge is 0.248 e. The Morgan fingerprint density at radius 3 is 2.68 bits per heavy atom. The number of unbranched alkanes of at least 4 members (excludes halogenated alkanes) is 1. The molecule has 22 heavy (non-hydrogen) atoms. The van der Waals surface area contributed by atoms with Gasteiger partial charge in [-0.1, -0.05) is 25.8 Å². The summed E-state index contributed by atoms with van der Waals surface area (Å²) < 4.78 is 0. The molecule has 3 rings (SSSR count). The zero-order valence-electron chi connectivity index (χ0n) is 12.7. The van der Waals surface area contributed by atoms with Gasteiger partial charge in [-0.15, -0.1) is 0 Å². The molecule has 0 fully saturated rings. The van der Waals surface area contributed by atoms with E-state index in [9.17, 15) is 14.4 Å². The number of pyridine rings is 1. The van der Waals surface area contributed by atoms with Crippen molar-refractivity contribution in [3.8, 4) is 0 Å². The number of rotatable bonds is 3. The number of Topliss-reactive ketones (excluding diaryl/α,β-unsaturated/α-hetero) is 2. The maximum atomic E-state index is 12.9. The molecule has 0 aromatic carbocycles. The maximum absolute atomic E-state index is 12.9. The molecule has 1 aliphatic heterocycles. The van der Waals surface area contributed by atoms with Gasteiger partial charge >= 0.3 is 0 Å². The van der Waals surface area contributed by atoms with E-state index < -0.39 is 0 Å². The molecule has 5 heteroatoms. The van der Waals surface area contributed by atoms with Crippen molar-refractivity contribution < 1.29 is 9.59 Å². The van der Waals surface area contributed by atoms with Gasteiger partial charge in [-0.2, -0.15) is 0 Å². The fraction of sp³-hybridized carbons (Fsp3) is 0.353. The predicted molar refractivity (Wildman–Crippen MR) is 82.8 cm³/mol. The molecule has 1 atom stereocenters. The topological polar surface area (TPSA) is 79.0 Å². The Labute approximate surface area is 128 Å². The van der Waals surface area contributed by atoms with Crippen LogP contribution >= 0.6 is 0 Å². The van der Waals surface area contributed by atoms with Gasteiger partial charge in [0.05, 0.1) is 11.3 Å². The summed E-state index contributed by atoms with van der Waals surface area (Å²) in [7, 11) is 0. The number of aryl methyl sites for hydroxylation is 1. The molecule has 0 spiro atoms. The van der Waals surface area contributed by atoms with Crippen LogP contribution in [0.15, 0.2) is 34.4 Å². The number of allylic oxidation sites excluding steroid dienone is 3. The van der Waals surface area contributed by atoms with Crippen LogP contribution in [-0.4, -0.2) is 16.6 Å². The van der Waals surface area contributed by atoms with Crippen molar-refractivity contribution in [3.05, 3.63) is 56.8 Å². The van der Waals surface area contributed by atoms with Gasteiger partial charge in [0.2, 0.25) is 11.3 Å². The van der Waals surface area contributed by atoms with Crippen molar-refractivity contribution in [2.24, 2.45) is 5.92 Å². The lowest BCUT2D eigenvalue weighted by Crippen LogP contribution is -2.36. The molecule has 2 heterocycles. The first-order valence-corrected chi connectivity index (χ1v) is 7.55. The van der Waals surface area contributed by atoms with Crippen LogP contribution in [0.3, 0.4) is 0 Å². The Morgan fingerprint density at radius 1 is 1.18 bits per heavy atom. The number of hydrogen-bond acceptors (Lipinski definition) is 4. The number of aromatic amines is 1. The minimum Gasteiger partial charge on any atom is -0.358 e. The van der Waals surface area contributed by atoms with Gasteiger partial charge in [0, 0.05) is 17.6 Å². The second-order valence-electron chi connectivity index (χ2n) is 5.77. The SMILES string of the molecule is CCCCC1C=CNC2=C1C(=O)c1c(C)cc(=O)[nH]c1C2=O. The van der Waals surface area contributed by atoms with E-state index in [4.69, 9.17) is 0 Å². The van der Waals surface area contributed by atoms with Crippen LogP contribution in [0.5, 0.6) is 0 Å². The summed E-state index contributed by atoms with van der Waals surface area (Å²) in [5.74, 6) is -0.514. The maximum Gasteiger partial charge on any atom is 0.248 e. The number of aromatic nitrogens is 1. The van der Waals surface area contributed by atoms with Gasteiger partial charge in [0.1, 0.15) is 5.69 Å². The molecular formula is C17H18N2O3. The van der Waals surface area contributed by atoms with Gasteiger partial charge in [0.15, 0.2) is 5.78 Å². The summed E-state index contributed by atoms with van der Waals surface area (Å²) in [6.45, 7) is 3.79. The summed E-state index contributed by atoms with van der Waals surface area (Å²) in [6, 6.07) is 1.36. The molecule has 0 saturated carbocycles. The number of ketones is 2. The minimum absolute atomic E-state index is 0.0490. The van der Waals surface area contributed by atoms with E-state index in [-0.39, 0.29) is 28.7 Å². The lowest BCUT2D eigenvalue weighted by atomic mass is 9.79. The van der Waals surface area contributed by atoms with Crippen molar-refractivity contribution in [1.82, 2.24) is 10.3 Å². The van der Waals surface area contributed by atoms with E-state index in [0.29, 0.717) is 22.4 Å². The van der Waals surface area contributed by atoms with Gasteiger partial charge in [-0.05, 0) is 25.1 Å². The predicted octanol–water partition coefficient (Wildman–Crippen LogP) is 2.24. The van der Waals surface area contributed by atoms with E-state index in [1.54, 1.807) is 13.1 Å². The third kappa shape index (κ3) is 2.13. The van der Waals surface area contributed by atoms with Crippen molar-refractivity contribution in [2.75, 3.05) is 0 Å². The van der Waals surface area contributed by atoms with E-state index in [2.05, 4.69) is 17.2 Å². The highest BCUT2D eigenvalue weighted by Crippen LogP contribution is 2.34. The number of carbonyl (C=O) groups excluding carboxylic acids is 2. The van der Waals surface area contributed by atoms with Crippen molar-refractivity contribution in [3.63, 3.8) is 0 Å². The molecule has 5 nitrogen and oxygen atoms in total. The summed E-state index contributed by atoms with van der Waals surface area (Å²) >= 11 is 0. The minimum atomic E-state index is -0.365. The lowest BCUT2D eigenvalue weighted by molar-refractivity contribution is 0.0956. The van der Waals surface area contributed by atoms with Crippen molar-refractivity contribution >= 4 is 11.6 Å². The summed E-state index contributed by atoms with van der Waals surface area (Å²) in [5.41, 5.74) is 1.46. The van der Waals surface area contributed by atoms with E-state index in [1.807, 2.05) is 6.08 Å². The second kappa shape index (κ2) is 5.40. The molecule has 1 aromatic rings. The Hall–Kier alpha value is -2.43. The monoisotopic (exact) mass is 298 g/mol. The lowest BCUT2D eigenvalue weighted by Gasteiger charge is -2.28.